The Morgan fingerprint density at radius 1 is 1.32 bits per heavy atom. The minimum atomic E-state index is -1.03. The zero-order chi connectivity index (χ0) is 13.7. The van der Waals surface area contributed by atoms with Crippen molar-refractivity contribution in [1.82, 2.24) is 10.2 Å². The number of hydrogen-bond acceptors (Lipinski definition) is 3. The van der Waals surface area contributed by atoms with Crippen LogP contribution in [0.25, 0.3) is 17.3 Å². The lowest BCUT2D eigenvalue weighted by molar-refractivity contribution is 0.0690. The molecule has 3 N–H and O–H groups in total. The summed E-state index contributed by atoms with van der Waals surface area (Å²) in [7, 11) is 0. The standard InChI is InChI=1S/C14H14N2O3/c17-8-2-1-3-10-4-6-11(7-5-10)12-9-13(14(18)19)16-15-12/h1,3-7,9,17H,2,8H2,(H,15,16)(H,18,19). The molecule has 1 aromatic carbocycles. The minimum Gasteiger partial charge on any atom is -0.477 e. The Hall–Kier alpha value is -2.40. The maximum Gasteiger partial charge on any atom is 0.353 e. The first kappa shape index (κ1) is 13.0. The Kier molecular flexibility index (Phi) is 4.10. The number of aliphatic hydroxyl groups excluding tert-OH is 1. The monoisotopic (exact) mass is 258 g/mol. The van der Waals surface area contributed by atoms with Gasteiger partial charge in [0.25, 0.3) is 0 Å². The fourth-order valence-corrected chi connectivity index (χ4v) is 1.64. The first-order chi connectivity index (χ1) is 9.20. The zero-order valence-electron chi connectivity index (χ0n) is 10.2. The van der Waals surface area contributed by atoms with Gasteiger partial charge in [0.2, 0.25) is 0 Å². The third-order valence-electron chi connectivity index (χ3n) is 2.62. The lowest BCUT2D eigenvalue weighted by Gasteiger charge is -1.97. The molecule has 5 nitrogen and oxygen atoms in total. The summed E-state index contributed by atoms with van der Waals surface area (Å²) < 4.78 is 0. The van der Waals surface area contributed by atoms with Crippen LogP contribution < -0.4 is 0 Å². The maximum absolute atomic E-state index is 10.7. The first-order valence-electron chi connectivity index (χ1n) is 5.87. The van der Waals surface area contributed by atoms with E-state index in [0.29, 0.717) is 12.1 Å². The number of aromatic amines is 1. The number of carboxylic acids is 1. The van der Waals surface area contributed by atoms with E-state index in [-0.39, 0.29) is 12.3 Å². The van der Waals surface area contributed by atoms with Crippen LogP contribution >= 0.6 is 0 Å². The molecule has 0 amide bonds. The number of nitrogens with one attached hydrogen (secondary N) is 1. The van der Waals surface area contributed by atoms with Gasteiger partial charge in [0.15, 0.2) is 0 Å². The van der Waals surface area contributed by atoms with Gasteiger partial charge in [-0.1, -0.05) is 36.4 Å². The minimum absolute atomic E-state index is 0.0712. The summed E-state index contributed by atoms with van der Waals surface area (Å²) in [6.45, 7) is 0.139. The Balaban J connectivity index is 2.15. The van der Waals surface area contributed by atoms with Gasteiger partial charge >= 0.3 is 5.97 Å². The van der Waals surface area contributed by atoms with Gasteiger partial charge in [-0.2, -0.15) is 5.10 Å². The van der Waals surface area contributed by atoms with E-state index in [2.05, 4.69) is 10.2 Å². The predicted molar refractivity (Wildman–Crippen MR) is 71.7 cm³/mol. The van der Waals surface area contributed by atoms with Crippen LogP contribution in [-0.4, -0.2) is 33.0 Å². The van der Waals surface area contributed by atoms with Crippen molar-refractivity contribution in [1.29, 1.82) is 0 Å². The van der Waals surface area contributed by atoms with Crippen molar-refractivity contribution in [3.05, 3.63) is 47.7 Å². The largest absolute Gasteiger partial charge is 0.477 e. The van der Waals surface area contributed by atoms with Gasteiger partial charge in [-0.3, -0.25) is 5.10 Å². The highest BCUT2D eigenvalue weighted by Crippen LogP contribution is 2.18. The second-order valence-electron chi connectivity index (χ2n) is 4.01. The summed E-state index contributed by atoms with van der Waals surface area (Å²) in [5, 5.41) is 23.9. The fraction of sp³-hybridized carbons (Fsp3) is 0.143. The van der Waals surface area contributed by atoms with Crippen LogP contribution in [0.2, 0.25) is 0 Å². The van der Waals surface area contributed by atoms with Crippen LogP contribution in [-0.2, 0) is 0 Å². The van der Waals surface area contributed by atoms with Gasteiger partial charge in [-0.25, -0.2) is 4.79 Å². The third kappa shape index (κ3) is 3.29. The second-order valence-corrected chi connectivity index (χ2v) is 4.01. The van der Waals surface area contributed by atoms with Gasteiger partial charge in [0.1, 0.15) is 5.69 Å². The van der Waals surface area contributed by atoms with E-state index in [1.165, 1.54) is 6.07 Å². The lowest BCUT2D eigenvalue weighted by atomic mass is 10.1. The molecule has 0 bridgehead atoms. The molecule has 0 saturated heterocycles. The van der Waals surface area contributed by atoms with Crippen LogP contribution in [0.1, 0.15) is 22.5 Å². The molecule has 0 atom stereocenters. The third-order valence-corrected chi connectivity index (χ3v) is 2.62. The number of rotatable bonds is 5. The number of aliphatic hydroxyl groups is 1. The number of carbonyl (C=O) groups is 1. The average molecular weight is 258 g/mol. The van der Waals surface area contributed by atoms with Crippen LogP contribution in [0.15, 0.2) is 36.4 Å². The van der Waals surface area contributed by atoms with Crippen molar-refractivity contribution >= 4 is 12.0 Å². The molecule has 0 radical (unpaired) electrons. The van der Waals surface area contributed by atoms with E-state index < -0.39 is 5.97 Å². The first-order valence-corrected chi connectivity index (χ1v) is 5.87. The van der Waals surface area contributed by atoms with Crippen molar-refractivity contribution < 1.29 is 15.0 Å². The molecule has 0 aliphatic rings. The highest BCUT2D eigenvalue weighted by molar-refractivity contribution is 5.86. The average Bonchev–Trinajstić information content (AvgIpc) is 2.90. The number of benzene rings is 1. The normalized spacial score (nSPS) is 11.0. The number of nitrogens with zero attached hydrogens (tertiary/aromatic N) is 1. The van der Waals surface area contributed by atoms with Gasteiger partial charge in [0.05, 0.1) is 5.69 Å². The summed E-state index contributed by atoms with van der Waals surface area (Å²) >= 11 is 0. The summed E-state index contributed by atoms with van der Waals surface area (Å²) in [5.74, 6) is -1.03. The Morgan fingerprint density at radius 3 is 2.63 bits per heavy atom. The molecular formula is C14H14N2O3. The van der Waals surface area contributed by atoms with E-state index in [1.807, 2.05) is 36.4 Å². The van der Waals surface area contributed by atoms with E-state index in [0.717, 1.165) is 11.1 Å². The molecule has 2 rings (SSSR count). The highest BCUT2D eigenvalue weighted by atomic mass is 16.4. The zero-order valence-corrected chi connectivity index (χ0v) is 10.2. The number of carboxylic acid groups (broad SMARTS) is 1. The molecule has 98 valence electrons. The van der Waals surface area contributed by atoms with E-state index >= 15 is 0 Å². The van der Waals surface area contributed by atoms with Gasteiger partial charge in [-0.15, -0.1) is 0 Å². The van der Waals surface area contributed by atoms with Crippen LogP contribution in [0, 0.1) is 0 Å². The highest BCUT2D eigenvalue weighted by Gasteiger charge is 2.08. The number of aromatic carboxylic acids is 1. The SMILES string of the molecule is O=C(O)c1cc(-c2ccc(C=CCCO)cc2)n[nH]1. The number of hydrogen-bond donors (Lipinski definition) is 3. The summed E-state index contributed by atoms with van der Waals surface area (Å²) in [5.41, 5.74) is 2.54. The topological polar surface area (TPSA) is 86.2 Å². The van der Waals surface area contributed by atoms with E-state index in [1.54, 1.807) is 0 Å². The fourth-order valence-electron chi connectivity index (χ4n) is 1.64. The van der Waals surface area contributed by atoms with Crippen molar-refractivity contribution in [3.63, 3.8) is 0 Å². The molecule has 0 aliphatic heterocycles. The van der Waals surface area contributed by atoms with E-state index in [9.17, 15) is 4.79 Å². The van der Waals surface area contributed by atoms with Crippen molar-refractivity contribution in [2.75, 3.05) is 6.61 Å². The molecule has 0 fully saturated rings. The molecule has 2 aromatic rings. The Labute approximate surface area is 110 Å². The molecule has 1 heterocycles. The van der Waals surface area contributed by atoms with Crippen LogP contribution in [0.3, 0.4) is 0 Å². The predicted octanol–water partition coefficient (Wildman–Crippen LogP) is 2.17. The molecule has 1 aromatic heterocycles. The molecule has 0 aliphatic carbocycles. The maximum atomic E-state index is 10.7. The quantitative estimate of drug-likeness (QED) is 0.767. The molecule has 5 heteroatoms. The number of aromatic nitrogens is 2. The van der Waals surface area contributed by atoms with Gasteiger partial charge in [-0.05, 0) is 18.1 Å². The Bertz CT molecular complexity index is 585. The van der Waals surface area contributed by atoms with E-state index in [4.69, 9.17) is 10.2 Å². The summed E-state index contributed by atoms with van der Waals surface area (Å²) in [6, 6.07) is 9.08. The second kappa shape index (κ2) is 5.97. The van der Waals surface area contributed by atoms with Crippen LogP contribution in [0.5, 0.6) is 0 Å². The van der Waals surface area contributed by atoms with Crippen molar-refractivity contribution in [2.24, 2.45) is 0 Å². The molecular weight excluding hydrogens is 244 g/mol. The summed E-state index contributed by atoms with van der Waals surface area (Å²) in [4.78, 5) is 10.7. The molecule has 0 spiro atoms. The van der Waals surface area contributed by atoms with Gasteiger partial charge < -0.3 is 10.2 Å². The lowest BCUT2D eigenvalue weighted by Crippen LogP contribution is -1.95. The van der Waals surface area contributed by atoms with Crippen LogP contribution in [0.4, 0.5) is 0 Å². The Morgan fingerprint density at radius 2 is 2.05 bits per heavy atom. The van der Waals surface area contributed by atoms with Crippen molar-refractivity contribution in [3.8, 4) is 11.3 Å². The molecule has 19 heavy (non-hydrogen) atoms. The molecule has 0 saturated carbocycles. The summed E-state index contributed by atoms with van der Waals surface area (Å²) in [6.07, 6.45) is 4.45. The smallest absolute Gasteiger partial charge is 0.353 e. The molecule has 0 unspecified atom stereocenters. The number of H-pyrrole nitrogens is 1. The van der Waals surface area contributed by atoms with Crippen molar-refractivity contribution in [2.45, 2.75) is 6.42 Å². The van der Waals surface area contributed by atoms with Gasteiger partial charge in [0, 0.05) is 12.2 Å².